The first kappa shape index (κ1) is 14.1. The van der Waals surface area contributed by atoms with Gasteiger partial charge in [-0.2, -0.15) is 0 Å². The van der Waals surface area contributed by atoms with Crippen molar-refractivity contribution in [2.75, 3.05) is 0 Å². The summed E-state index contributed by atoms with van der Waals surface area (Å²) >= 11 is 0. The number of hydrogen-bond acceptors (Lipinski definition) is 2. The lowest BCUT2D eigenvalue weighted by molar-refractivity contribution is 0.0919. The van der Waals surface area contributed by atoms with E-state index in [4.69, 9.17) is 5.73 Å². The molecule has 1 saturated carbocycles. The maximum Gasteiger partial charge on any atom is 0.251 e. The summed E-state index contributed by atoms with van der Waals surface area (Å²) in [6.45, 7) is 2.71. The Hall–Kier alpha value is -1.35. The van der Waals surface area contributed by atoms with Crippen molar-refractivity contribution in [3.63, 3.8) is 0 Å². The van der Waals surface area contributed by atoms with Crippen LogP contribution in [0.4, 0.5) is 0 Å². The van der Waals surface area contributed by atoms with Gasteiger partial charge < -0.3 is 11.1 Å². The first-order chi connectivity index (χ1) is 9.22. The Kier molecular flexibility index (Phi) is 4.97. The van der Waals surface area contributed by atoms with E-state index in [0.29, 0.717) is 12.6 Å². The molecule has 1 aromatic rings. The molecule has 2 rings (SSSR count). The Morgan fingerprint density at radius 2 is 2.26 bits per heavy atom. The molecule has 0 bridgehead atoms. The van der Waals surface area contributed by atoms with Crippen molar-refractivity contribution in [3.05, 3.63) is 35.4 Å². The van der Waals surface area contributed by atoms with Crippen molar-refractivity contribution in [1.29, 1.82) is 0 Å². The van der Waals surface area contributed by atoms with Crippen molar-refractivity contribution >= 4 is 5.91 Å². The smallest absolute Gasteiger partial charge is 0.251 e. The molecule has 1 amide bonds. The second-order valence-corrected chi connectivity index (χ2v) is 5.52. The number of amides is 1. The fraction of sp³-hybridized carbons (Fsp3) is 0.562. The van der Waals surface area contributed by atoms with Crippen LogP contribution in [0.2, 0.25) is 0 Å². The molecule has 0 radical (unpaired) electrons. The van der Waals surface area contributed by atoms with E-state index in [9.17, 15) is 4.79 Å². The predicted octanol–water partition coefficient (Wildman–Crippen LogP) is 2.84. The lowest BCUT2D eigenvalue weighted by atomic mass is 9.84. The molecule has 0 spiro atoms. The molecule has 1 aromatic carbocycles. The number of nitrogens with two attached hydrogens (primary N) is 1. The summed E-state index contributed by atoms with van der Waals surface area (Å²) in [5.41, 5.74) is 7.33. The first-order valence-corrected chi connectivity index (χ1v) is 7.32. The first-order valence-electron chi connectivity index (χ1n) is 7.32. The molecule has 3 nitrogen and oxygen atoms in total. The van der Waals surface area contributed by atoms with E-state index >= 15 is 0 Å². The largest absolute Gasteiger partial charge is 0.349 e. The van der Waals surface area contributed by atoms with E-state index in [1.54, 1.807) is 0 Å². The molecule has 1 aliphatic rings. The highest BCUT2D eigenvalue weighted by Gasteiger charge is 2.22. The van der Waals surface area contributed by atoms with Gasteiger partial charge >= 0.3 is 0 Å². The van der Waals surface area contributed by atoms with Gasteiger partial charge in [-0.05, 0) is 36.5 Å². The van der Waals surface area contributed by atoms with Crippen LogP contribution < -0.4 is 11.1 Å². The van der Waals surface area contributed by atoms with Crippen LogP contribution >= 0.6 is 0 Å². The Balaban J connectivity index is 1.96. The average Bonchev–Trinajstić information content (AvgIpc) is 2.47. The monoisotopic (exact) mass is 260 g/mol. The lowest BCUT2D eigenvalue weighted by Crippen LogP contribution is -2.38. The van der Waals surface area contributed by atoms with Crippen molar-refractivity contribution in [2.45, 2.75) is 51.6 Å². The molecular weight excluding hydrogens is 236 g/mol. The minimum Gasteiger partial charge on any atom is -0.349 e. The second kappa shape index (κ2) is 6.71. The van der Waals surface area contributed by atoms with Crippen LogP contribution in [0.1, 0.15) is 54.9 Å². The van der Waals surface area contributed by atoms with E-state index in [2.05, 4.69) is 12.2 Å². The third-order valence-corrected chi connectivity index (χ3v) is 4.12. The topological polar surface area (TPSA) is 55.1 Å². The standard InChI is InChI=1S/C16H24N2O/c1-2-12-5-4-8-15(10-12)18-16(19)14-7-3-6-13(9-14)11-17/h3,6-7,9,12,15H,2,4-5,8,10-11,17H2,1H3,(H,18,19). The van der Waals surface area contributed by atoms with Gasteiger partial charge in [0.05, 0.1) is 0 Å². The number of hydrogen-bond donors (Lipinski definition) is 2. The molecular formula is C16H24N2O. The van der Waals surface area contributed by atoms with Gasteiger partial charge in [-0.3, -0.25) is 4.79 Å². The van der Waals surface area contributed by atoms with Crippen LogP contribution in [0.15, 0.2) is 24.3 Å². The highest BCUT2D eigenvalue weighted by Crippen LogP contribution is 2.26. The Labute approximate surface area is 115 Å². The van der Waals surface area contributed by atoms with Gasteiger partial charge in [0.1, 0.15) is 0 Å². The van der Waals surface area contributed by atoms with Crippen LogP contribution in [0.3, 0.4) is 0 Å². The summed E-state index contributed by atoms with van der Waals surface area (Å²) < 4.78 is 0. The molecule has 1 aliphatic carbocycles. The zero-order valence-corrected chi connectivity index (χ0v) is 11.7. The second-order valence-electron chi connectivity index (χ2n) is 5.52. The van der Waals surface area contributed by atoms with E-state index in [1.165, 1.54) is 19.3 Å². The van der Waals surface area contributed by atoms with Crippen molar-refractivity contribution < 1.29 is 4.79 Å². The average molecular weight is 260 g/mol. The third kappa shape index (κ3) is 3.80. The summed E-state index contributed by atoms with van der Waals surface area (Å²) in [4.78, 5) is 12.2. The fourth-order valence-corrected chi connectivity index (χ4v) is 2.90. The van der Waals surface area contributed by atoms with Crippen molar-refractivity contribution in [1.82, 2.24) is 5.32 Å². The Morgan fingerprint density at radius 1 is 1.42 bits per heavy atom. The third-order valence-electron chi connectivity index (χ3n) is 4.12. The summed E-state index contributed by atoms with van der Waals surface area (Å²) in [6.07, 6.45) is 5.99. The Bertz CT molecular complexity index is 431. The van der Waals surface area contributed by atoms with Gasteiger partial charge in [0.25, 0.3) is 5.91 Å². The molecule has 0 heterocycles. The van der Waals surface area contributed by atoms with E-state index in [-0.39, 0.29) is 5.91 Å². The maximum atomic E-state index is 12.2. The number of rotatable bonds is 4. The summed E-state index contributed by atoms with van der Waals surface area (Å²) in [5.74, 6) is 0.812. The van der Waals surface area contributed by atoms with Crippen LogP contribution in [0.25, 0.3) is 0 Å². The predicted molar refractivity (Wildman–Crippen MR) is 77.8 cm³/mol. The molecule has 3 N–H and O–H groups in total. The van der Waals surface area contributed by atoms with Crippen LogP contribution in [-0.4, -0.2) is 11.9 Å². The van der Waals surface area contributed by atoms with Crippen LogP contribution in [-0.2, 0) is 6.54 Å². The molecule has 2 unspecified atom stereocenters. The van der Waals surface area contributed by atoms with Crippen molar-refractivity contribution in [2.24, 2.45) is 11.7 Å². The summed E-state index contributed by atoms with van der Waals surface area (Å²) in [7, 11) is 0. The number of nitrogens with one attached hydrogen (secondary N) is 1. The maximum absolute atomic E-state index is 12.2. The fourth-order valence-electron chi connectivity index (χ4n) is 2.90. The quantitative estimate of drug-likeness (QED) is 0.874. The lowest BCUT2D eigenvalue weighted by Gasteiger charge is -2.29. The highest BCUT2D eigenvalue weighted by atomic mass is 16.1. The van der Waals surface area contributed by atoms with Gasteiger partial charge in [-0.25, -0.2) is 0 Å². The van der Waals surface area contributed by atoms with Gasteiger partial charge in [-0.15, -0.1) is 0 Å². The minimum absolute atomic E-state index is 0.0389. The van der Waals surface area contributed by atoms with E-state index < -0.39 is 0 Å². The molecule has 0 saturated heterocycles. The zero-order chi connectivity index (χ0) is 13.7. The number of benzene rings is 1. The molecule has 1 fully saturated rings. The van der Waals surface area contributed by atoms with E-state index in [1.807, 2.05) is 24.3 Å². The van der Waals surface area contributed by atoms with Crippen LogP contribution in [0, 0.1) is 5.92 Å². The molecule has 3 heteroatoms. The number of carbonyl (C=O) groups is 1. The highest BCUT2D eigenvalue weighted by molar-refractivity contribution is 5.94. The number of carbonyl (C=O) groups excluding carboxylic acids is 1. The molecule has 2 atom stereocenters. The SMILES string of the molecule is CCC1CCCC(NC(=O)c2cccc(CN)c2)C1. The van der Waals surface area contributed by atoms with E-state index in [0.717, 1.165) is 29.9 Å². The minimum atomic E-state index is 0.0389. The normalized spacial score (nSPS) is 23.1. The zero-order valence-electron chi connectivity index (χ0n) is 11.7. The van der Waals surface area contributed by atoms with Gasteiger partial charge in [0.15, 0.2) is 0 Å². The molecule has 0 aromatic heterocycles. The van der Waals surface area contributed by atoms with Crippen LogP contribution in [0.5, 0.6) is 0 Å². The van der Waals surface area contributed by atoms with Gasteiger partial charge in [-0.1, -0.05) is 38.3 Å². The molecule has 0 aliphatic heterocycles. The molecule has 19 heavy (non-hydrogen) atoms. The van der Waals surface area contributed by atoms with Gasteiger partial charge in [0, 0.05) is 18.2 Å². The Morgan fingerprint density at radius 3 is 3.00 bits per heavy atom. The molecule has 104 valence electrons. The van der Waals surface area contributed by atoms with Gasteiger partial charge in [0.2, 0.25) is 0 Å². The van der Waals surface area contributed by atoms with Crippen molar-refractivity contribution in [3.8, 4) is 0 Å². The summed E-state index contributed by atoms with van der Waals surface area (Å²) in [6, 6.07) is 7.93. The summed E-state index contributed by atoms with van der Waals surface area (Å²) in [5, 5.41) is 3.17.